The molecule has 0 aromatic rings. The molecule has 2 atom stereocenters. The van der Waals surface area contributed by atoms with Crippen LogP contribution in [0.3, 0.4) is 0 Å². The fourth-order valence-corrected chi connectivity index (χ4v) is 5.52. The molecular formula is C27H50O3. The molecule has 0 spiro atoms. The minimum absolute atomic E-state index is 0.0177. The molecule has 3 aliphatic carbocycles. The Hall–Kier alpha value is -0.570. The molecule has 0 aromatic heterocycles. The number of rotatable bonds is 10. The zero-order valence-electron chi connectivity index (χ0n) is 21.5. The maximum Gasteiger partial charge on any atom is 0.314 e. The van der Waals surface area contributed by atoms with Gasteiger partial charge in [-0.15, -0.1) is 0 Å². The summed E-state index contributed by atoms with van der Waals surface area (Å²) in [6, 6.07) is 0. The van der Waals surface area contributed by atoms with Crippen molar-refractivity contribution in [2.75, 3.05) is 0 Å². The molecule has 3 aliphatic rings. The largest absolute Gasteiger partial charge is 0.435 e. The molecule has 176 valence electrons. The van der Waals surface area contributed by atoms with Crippen molar-refractivity contribution in [2.24, 2.45) is 28.1 Å². The monoisotopic (exact) mass is 422 g/mol. The fourth-order valence-electron chi connectivity index (χ4n) is 5.52. The molecular weight excluding hydrogens is 372 g/mol. The number of carbonyl (C=O) groups excluding carboxylic acids is 1. The summed E-state index contributed by atoms with van der Waals surface area (Å²) in [5.74, 6) is 0.987. The van der Waals surface area contributed by atoms with Crippen molar-refractivity contribution in [1.29, 1.82) is 0 Å². The van der Waals surface area contributed by atoms with Crippen LogP contribution in [-0.2, 0) is 14.3 Å². The van der Waals surface area contributed by atoms with Gasteiger partial charge in [0, 0.05) is 6.42 Å². The normalized spacial score (nSPS) is 27.3. The minimum Gasteiger partial charge on any atom is -0.435 e. The van der Waals surface area contributed by atoms with Crippen molar-refractivity contribution < 1.29 is 14.3 Å². The summed E-state index contributed by atoms with van der Waals surface area (Å²) in [6.45, 7) is 19.8. The molecule has 0 aromatic carbocycles. The van der Waals surface area contributed by atoms with E-state index in [9.17, 15) is 4.79 Å². The summed E-state index contributed by atoms with van der Waals surface area (Å²) in [5.41, 5.74) is -0.0860. The first kappa shape index (κ1) is 25.7. The summed E-state index contributed by atoms with van der Waals surface area (Å²) in [5, 5.41) is 0. The van der Waals surface area contributed by atoms with Gasteiger partial charge >= 0.3 is 5.97 Å². The Labute approximate surface area is 187 Å². The predicted octanol–water partition coefficient (Wildman–Crippen LogP) is 7.91. The highest BCUT2D eigenvalue weighted by atomic mass is 16.7. The highest BCUT2D eigenvalue weighted by Crippen LogP contribution is 2.52. The van der Waals surface area contributed by atoms with Crippen LogP contribution in [-0.4, -0.2) is 17.9 Å². The Balaban J connectivity index is 2.05. The molecule has 30 heavy (non-hydrogen) atoms. The van der Waals surface area contributed by atoms with Crippen molar-refractivity contribution in [1.82, 2.24) is 0 Å². The zero-order chi connectivity index (χ0) is 22.8. The minimum atomic E-state index is -0.488. The first-order valence-electron chi connectivity index (χ1n) is 12.5. The summed E-state index contributed by atoms with van der Waals surface area (Å²) >= 11 is 0. The maximum atomic E-state index is 13.4. The number of hydrogen-bond acceptors (Lipinski definition) is 3. The number of carbonyl (C=O) groups is 1. The van der Waals surface area contributed by atoms with Crippen molar-refractivity contribution in [2.45, 2.75) is 138 Å². The number of esters is 1. The molecule has 0 aliphatic heterocycles. The number of unbranched alkanes of at least 4 members (excludes halogenated alkanes) is 1. The van der Waals surface area contributed by atoms with Gasteiger partial charge in [-0.25, -0.2) is 0 Å². The van der Waals surface area contributed by atoms with Gasteiger partial charge < -0.3 is 9.47 Å². The van der Waals surface area contributed by atoms with Gasteiger partial charge in [0.25, 0.3) is 0 Å². The lowest BCUT2D eigenvalue weighted by atomic mass is 9.61. The average molecular weight is 423 g/mol. The summed E-state index contributed by atoms with van der Waals surface area (Å²) < 4.78 is 12.8. The van der Waals surface area contributed by atoms with Crippen LogP contribution in [0, 0.1) is 28.1 Å². The van der Waals surface area contributed by atoms with Gasteiger partial charge in [-0.1, -0.05) is 74.7 Å². The molecule has 0 saturated heterocycles. The van der Waals surface area contributed by atoms with Crippen LogP contribution < -0.4 is 0 Å². The molecule has 3 fully saturated rings. The zero-order valence-corrected chi connectivity index (χ0v) is 21.5. The smallest absolute Gasteiger partial charge is 0.314 e. The molecule has 0 N–H and O–H groups in total. The van der Waals surface area contributed by atoms with E-state index in [0.717, 1.165) is 50.9 Å². The highest BCUT2D eigenvalue weighted by Gasteiger charge is 2.50. The lowest BCUT2D eigenvalue weighted by molar-refractivity contribution is -0.260. The van der Waals surface area contributed by atoms with Gasteiger partial charge in [-0.3, -0.25) is 4.79 Å². The summed E-state index contributed by atoms with van der Waals surface area (Å²) in [7, 11) is 0. The second-order valence-corrected chi connectivity index (χ2v) is 13.4. The van der Waals surface area contributed by atoms with E-state index in [1.165, 1.54) is 19.3 Å². The molecule has 3 saturated carbocycles. The van der Waals surface area contributed by atoms with Gasteiger partial charge in [0.05, 0.1) is 11.0 Å². The molecule has 0 heterocycles. The molecule has 2 unspecified atom stereocenters. The van der Waals surface area contributed by atoms with Crippen molar-refractivity contribution >= 4 is 5.97 Å². The van der Waals surface area contributed by atoms with E-state index in [1.54, 1.807) is 0 Å². The SMILES string of the molecule is CC(C)C(C)(CC(C)(C)C)C(=O)OC(CCCCC(C)(C)C)OC12CCCC(C1)C2. The summed E-state index contributed by atoms with van der Waals surface area (Å²) in [4.78, 5) is 13.4. The fraction of sp³-hybridized carbons (Fsp3) is 0.963. The van der Waals surface area contributed by atoms with Gasteiger partial charge in [0.1, 0.15) is 0 Å². The van der Waals surface area contributed by atoms with E-state index >= 15 is 0 Å². The molecule has 3 nitrogen and oxygen atoms in total. The molecule has 3 heteroatoms. The molecule has 2 bridgehead atoms. The Kier molecular flexibility index (Phi) is 8.14. The maximum absolute atomic E-state index is 13.4. The second-order valence-electron chi connectivity index (χ2n) is 13.4. The quantitative estimate of drug-likeness (QED) is 0.204. The third-order valence-electron chi connectivity index (χ3n) is 7.44. The van der Waals surface area contributed by atoms with Crippen LogP contribution in [0.25, 0.3) is 0 Å². The predicted molar refractivity (Wildman–Crippen MR) is 125 cm³/mol. The standard InChI is InChI=1S/C27H50O3/c1-20(2)26(9,19-25(6,7)8)23(28)29-22(14-10-11-15-24(3,4)5)30-27-16-12-13-21(17-27)18-27/h20-22H,10-19H2,1-9H3. The first-order valence-corrected chi connectivity index (χ1v) is 12.5. The highest BCUT2D eigenvalue weighted by molar-refractivity contribution is 5.77. The van der Waals surface area contributed by atoms with Crippen LogP contribution >= 0.6 is 0 Å². The van der Waals surface area contributed by atoms with Crippen LogP contribution in [0.1, 0.15) is 127 Å². The number of ether oxygens (including phenoxy) is 2. The van der Waals surface area contributed by atoms with E-state index in [2.05, 4.69) is 62.3 Å². The first-order chi connectivity index (χ1) is 13.6. The van der Waals surface area contributed by atoms with E-state index in [1.807, 2.05) is 0 Å². The lowest BCUT2D eigenvalue weighted by Crippen LogP contribution is -2.52. The second kappa shape index (κ2) is 9.51. The van der Waals surface area contributed by atoms with Crippen LogP contribution in [0.5, 0.6) is 0 Å². The van der Waals surface area contributed by atoms with E-state index in [4.69, 9.17) is 9.47 Å². The molecule has 0 amide bonds. The van der Waals surface area contributed by atoms with E-state index in [0.29, 0.717) is 5.41 Å². The number of fused-ring (bicyclic) bond motifs is 2. The van der Waals surface area contributed by atoms with Gasteiger partial charge in [0.15, 0.2) is 0 Å². The Morgan fingerprint density at radius 2 is 1.63 bits per heavy atom. The van der Waals surface area contributed by atoms with Gasteiger partial charge in [0.2, 0.25) is 6.29 Å². The van der Waals surface area contributed by atoms with E-state index < -0.39 is 11.7 Å². The van der Waals surface area contributed by atoms with Crippen molar-refractivity contribution in [3.8, 4) is 0 Å². The third-order valence-corrected chi connectivity index (χ3v) is 7.44. The van der Waals surface area contributed by atoms with Gasteiger partial charge in [-0.2, -0.15) is 0 Å². The Bertz CT molecular complexity index is 554. The molecule has 0 radical (unpaired) electrons. The van der Waals surface area contributed by atoms with Crippen LogP contribution in [0.4, 0.5) is 0 Å². The van der Waals surface area contributed by atoms with Gasteiger partial charge in [-0.05, 0) is 68.1 Å². The summed E-state index contributed by atoms with van der Waals surface area (Å²) in [6.07, 6.45) is 10.7. The van der Waals surface area contributed by atoms with Crippen molar-refractivity contribution in [3.05, 3.63) is 0 Å². The lowest BCUT2D eigenvalue weighted by Gasteiger charge is -2.53. The third kappa shape index (κ3) is 7.24. The Morgan fingerprint density at radius 3 is 2.10 bits per heavy atom. The van der Waals surface area contributed by atoms with Crippen molar-refractivity contribution in [3.63, 3.8) is 0 Å². The Morgan fingerprint density at radius 1 is 1.00 bits per heavy atom. The molecule has 3 rings (SSSR count). The van der Waals surface area contributed by atoms with E-state index in [-0.39, 0.29) is 22.9 Å². The topological polar surface area (TPSA) is 35.5 Å². The number of hydrogen-bond donors (Lipinski definition) is 0. The van der Waals surface area contributed by atoms with Crippen LogP contribution in [0.15, 0.2) is 0 Å². The average Bonchev–Trinajstić information content (AvgIpc) is 2.55. The van der Waals surface area contributed by atoms with Crippen LogP contribution in [0.2, 0.25) is 0 Å².